The van der Waals surface area contributed by atoms with Crippen LogP contribution in [0.3, 0.4) is 0 Å². The van der Waals surface area contributed by atoms with Crippen LogP contribution < -0.4 is 9.80 Å². The van der Waals surface area contributed by atoms with E-state index in [4.69, 9.17) is 69.6 Å². The van der Waals surface area contributed by atoms with Crippen molar-refractivity contribution in [3.05, 3.63) is 80.3 Å². The van der Waals surface area contributed by atoms with Crippen LogP contribution in [0.4, 0.5) is 11.4 Å². The quantitative estimate of drug-likeness (QED) is 0.0815. The molecule has 0 radical (unpaired) electrons. The Bertz CT molecular complexity index is 1590. The normalized spacial score (nSPS) is 14.8. The number of hydrogen-bond donors (Lipinski definition) is 0. The highest BCUT2D eigenvalue weighted by atomic mass is 79.9. The standard InChI is InChI=1S/C38H44Br2N4O2.2CHCl3/c1-3-5-7-9-11-13-19-43-35-21-27(39)15-17-31(35)33(37(43)45)23-29-25-42-30(26-41-29)24-34-32-18-16-28(40)22-36(32)44(38(34)46)20-14-12-10-8-6-4-2;2*2-1(3)4/h15-18,21-26H,3-14,19-20H2,1-2H3;2*1H/b33-23+,34-24+;;. The molecule has 0 saturated carbocycles. The lowest BCUT2D eigenvalue weighted by Gasteiger charge is -2.17. The van der Waals surface area contributed by atoms with Crippen molar-refractivity contribution in [3.63, 3.8) is 0 Å². The van der Waals surface area contributed by atoms with Gasteiger partial charge >= 0.3 is 0 Å². The van der Waals surface area contributed by atoms with Crippen LogP contribution in [-0.4, -0.2) is 43.5 Å². The first kappa shape index (κ1) is 47.0. The first-order chi connectivity index (χ1) is 25.9. The molecule has 3 aromatic rings. The molecule has 3 heterocycles. The Morgan fingerprint density at radius 3 is 1.24 bits per heavy atom. The largest absolute Gasteiger partial charge is 0.308 e. The van der Waals surface area contributed by atoms with Gasteiger partial charge in [0, 0.05) is 33.2 Å². The predicted molar refractivity (Wildman–Crippen MR) is 240 cm³/mol. The number of fused-ring (bicyclic) bond motifs is 2. The smallest absolute Gasteiger partial charge is 0.259 e. The van der Waals surface area contributed by atoms with Crippen molar-refractivity contribution in [2.75, 3.05) is 22.9 Å². The minimum atomic E-state index is -0.750. The van der Waals surface area contributed by atoms with Gasteiger partial charge in [-0.1, -0.05) is 192 Å². The molecule has 5 rings (SSSR count). The average Bonchev–Trinajstić information content (AvgIpc) is 3.52. The third-order valence-corrected chi connectivity index (χ3v) is 9.77. The molecule has 0 fully saturated rings. The first-order valence-corrected chi connectivity index (χ1v) is 22.4. The minimum absolute atomic E-state index is 0.000530. The summed E-state index contributed by atoms with van der Waals surface area (Å²) in [5.41, 5.74) is 6.16. The molecule has 54 heavy (non-hydrogen) atoms. The Balaban J connectivity index is 0.000000892. The van der Waals surface area contributed by atoms with E-state index in [1.54, 1.807) is 12.4 Å². The number of carbonyl (C=O) groups is 2. The maximum Gasteiger partial charge on any atom is 0.259 e. The van der Waals surface area contributed by atoms with E-state index in [2.05, 4.69) is 55.7 Å². The summed E-state index contributed by atoms with van der Waals surface area (Å²) in [5.74, 6) is -0.00106. The van der Waals surface area contributed by atoms with Crippen molar-refractivity contribution in [2.45, 2.75) is 99.5 Å². The molecule has 0 spiro atoms. The molecule has 2 aliphatic rings. The summed E-state index contributed by atoms with van der Waals surface area (Å²) in [6.07, 6.45) is 21.1. The molecular weight excluding hydrogens is 941 g/mol. The van der Waals surface area contributed by atoms with Gasteiger partial charge in [0.05, 0.1) is 46.3 Å². The topological polar surface area (TPSA) is 66.4 Å². The molecule has 0 unspecified atom stereocenters. The fraction of sp³-hybridized carbons (Fsp3) is 0.450. The third kappa shape index (κ3) is 15.2. The van der Waals surface area contributed by atoms with Crippen molar-refractivity contribution in [1.82, 2.24) is 9.97 Å². The van der Waals surface area contributed by atoms with E-state index in [-0.39, 0.29) is 11.8 Å². The lowest BCUT2D eigenvalue weighted by atomic mass is 10.1. The average molecular weight is 987 g/mol. The van der Waals surface area contributed by atoms with Gasteiger partial charge in [0.2, 0.25) is 0 Å². The number of alkyl halides is 6. The number of benzene rings is 2. The highest BCUT2D eigenvalue weighted by Crippen LogP contribution is 2.41. The van der Waals surface area contributed by atoms with Gasteiger partial charge in [0.25, 0.3) is 11.8 Å². The number of carbonyl (C=O) groups excluding carboxylic acids is 2. The number of halogens is 8. The molecule has 294 valence electrons. The third-order valence-electron chi connectivity index (χ3n) is 8.78. The summed E-state index contributed by atoms with van der Waals surface area (Å²) in [7, 11) is 0. The number of unbranched alkanes of at least 4 members (excludes halogenated alkanes) is 10. The Labute approximate surface area is 367 Å². The van der Waals surface area contributed by atoms with Gasteiger partial charge in [-0.3, -0.25) is 19.6 Å². The second-order valence-electron chi connectivity index (χ2n) is 12.7. The number of aromatic nitrogens is 2. The maximum atomic E-state index is 13.6. The minimum Gasteiger partial charge on any atom is -0.308 e. The Morgan fingerprint density at radius 1 is 0.574 bits per heavy atom. The number of rotatable bonds is 16. The van der Waals surface area contributed by atoms with Crippen LogP contribution in [0, 0.1) is 0 Å². The number of amides is 2. The van der Waals surface area contributed by atoms with Crippen LogP contribution in [0.25, 0.3) is 23.3 Å². The summed E-state index contributed by atoms with van der Waals surface area (Å²) < 4.78 is 0.401. The molecule has 0 atom stereocenters. The van der Waals surface area contributed by atoms with E-state index in [0.717, 1.165) is 57.1 Å². The van der Waals surface area contributed by atoms with Gasteiger partial charge in [-0.25, -0.2) is 0 Å². The van der Waals surface area contributed by atoms with E-state index in [0.29, 0.717) is 35.6 Å². The van der Waals surface area contributed by atoms with Gasteiger partial charge in [-0.05, 0) is 49.3 Å². The van der Waals surface area contributed by atoms with Crippen molar-refractivity contribution in [3.8, 4) is 0 Å². The number of hydrogen-bond acceptors (Lipinski definition) is 4. The molecule has 2 aliphatic heterocycles. The van der Waals surface area contributed by atoms with E-state index < -0.39 is 8.59 Å². The summed E-state index contributed by atoms with van der Waals surface area (Å²) in [4.78, 5) is 40.3. The zero-order valence-electron chi connectivity index (χ0n) is 30.5. The van der Waals surface area contributed by atoms with Crippen LogP contribution in [-0.2, 0) is 9.59 Å². The monoisotopic (exact) mass is 982 g/mol. The van der Waals surface area contributed by atoms with E-state index >= 15 is 0 Å². The summed E-state index contributed by atoms with van der Waals surface area (Å²) in [6.45, 7) is 5.85. The maximum absolute atomic E-state index is 13.6. The number of anilines is 2. The molecule has 0 aliphatic carbocycles. The fourth-order valence-corrected chi connectivity index (χ4v) is 6.97. The molecule has 2 amide bonds. The lowest BCUT2D eigenvalue weighted by molar-refractivity contribution is -0.113. The lowest BCUT2D eigenvalue weighted by Crippen LogP contribution is -2.27. The molecule has 1 aromatic heterocycles. The SMILES string of the molecule is CCCCCCCCN1C(=O)/C(=C/c2cnc(/C=C3/C(=O)N(CCCCCCCC)c4cc(Br)ccc43)cn2)c2ccc(Br)cc21.ClC(Cl)Cl.ClC(Cl)Cl. The van der Waals surface area contributed by atoms with Gasteiger partial charge in [0.15, 0.2) is 8.59 Å². The van der Waals surface area contributed by atoms with Crippen LogP contribution in [0.15, 0.2) is 57.7 Å². The predicted octanol–water partition coefficient (Wildman–Crippen LogP) is 14.5. The molecule has 14 heteroatoms. The van der Waals surface area contributed by atoms with Crippen LogP contribution >= 0.6 is 101 Å². The highest BCUT2D eigenvalue weighted by Gasteiger charge is 2.33. The molecule has 0 bridgehead atoms. The molecule has 6 nitrogen and oxygen atoms in total. The van der Waals surface area contributed by atoms with Crippen molar-refractivity contribution >= 4 is 148 Å². The van der Waals surface area contributed by atoms with Crippen molar-refractivity contribution in [1.29, 1.82) is 0 Å². The summed E-state index contributed by atoms with van der Waals surface area (Å²) in [6, 6.07) is 12.0. The fourth-order valence-electron chi connectivity index (χ4n) is 6.27. The molecular formula is C40H46Br2Cl6N4O2. The highest BCUT2D eigenvalue weighted by molar-refractivity contribution is 9.10. The van der Waals surface area contributed by atoms with E-state index in [1.807, 2.05) is 58.4 Å². The van der Waals surface area contributed by atoms with Crippen LogP contribution in [0.1, 0.15) is 113 Å². The zero-order valence-corrected chi connectivity index (χ0v) is 38.2. The van der Waals surface area contributed by atoms with Crippen molar-refractivity contribution < 1.29 is 9.59 Å². The zero-order chi connectivity index (χ0) is 39.6. The second kappa shape index (κ2) is 25.1. The first-order valence-electron chi connectivity index (χ1n) is 18.2. The summed E-state index contributed by atoms with van der Waals surface area (Å²) >= 11 is 36.0. The van der Waals surface area contributed by atoms with Gasteiger partial charge in [-0.15, -0.1) is 0 Å². The Hall–Kier alpha value is -1.36. The van der Waals surface area contributed by atoms with Crippen LogP contribution in [0.2, 0.25) is 0 Å². The Morgan fingerprint density at radius 2 is 0.907 bits per heavy atom. The molecule has 0 N–H and O–H groups in total. The van der Waals surface area contributed by atoms with Gasteiger partial charge in [0.1, 0.15) is 0 Å². The summed E-state index contributed by atoms with van der Waals surface area (Å²) in [5, 5.41) is 0. The Kier molecular flexibility index (Phi) is 21.9. The van der Waals surface area contributed by atoms with Crippen molar-refractivity contribution in [2.24, 2.45) is 0 Å². The number of nitrogens with zero attached hydrogens (tertiary/aromatic N) is 4. The van der Waals surface area contributed by atoms with Gasteiger partial charge in [-0.2, -0.15) is 0 Å². The molecule has 2 aromatic carbocycles. The van der Waals surface area contributed by atoms with E-state index in [9.17, 15) is 9.59 Å². The second-order valence-corrected chi connectivity index (χ2v) is 18.5. The molecule has 0 saturated heterocycles. The van der Waals surface area contributed by atoms with E-state index in [1.165, 1.54) is 51.4 Å². The van der Waals surface area contributed by atoms with Gasteiger partial charge < -0.3 is 9.80 Å². The van der Waals surface area contributed by atoms with Crippen LogP contribution in [0.5, 0.6) is 0 Å².